The summed E-state index contributed by atoms with van der Waals surface area (Å²) in [5.41, 5.74) is 4.48. The number of esters is 2. The Labute approximate surface area is 279 Å². The van der Waals surface area contributed by atoms with Gasteiger partial charge in [0.05, 0.1) is 64.9 Å². The molecular formula is C35H31BrN6O5. The van der Waals surface area contributed by atoms with Crippen molar-refractivity contribution in [1.82, 2.24) is 19.4 Å². The Kier molecular flexibility index (Phi) is 11.9. The summed E-state index contributed by atoms with van der Waals surface area (Å²) in [5.74, 6) is -0.662. The molecule has 7 rings (SSSR count). The van der Waals surface area contributed by atoms with Gasteiger partial charge in [0.2, 0.25) is 0 Å². The number of hydrogen-bond acceptors (Lipinski definition) is 7. The molecule has 0 saturated heterocycles. The van der Waals surface area contributed by atoms with Crippen LogP contribution in [0.2, 0.25) is 0 Å². The van der Waals surface area contributed by atoms with Gasteiger partial charge >= 0.3 is 11.9 Å². The Bertz CT molecular complexity index is 2110. The smallest absolute Gasteiger partial charge is 0.340 e. The van der Waals surface area contributed by atoms with Crippen molar-refractivity contribution < 1.29 is 23.9 Å². The maximum Gasteiger partial charge on any atom is 0.340 e. The molecule has 3 aromatic carbocycles. The van der Waals surface area contributed by atoms with E-state index >= 15 is 0 Å². The summed E-state index contributed by atoms with van der Waals surface area (Å²) in [7, 11) is 2.73. The normalized spacial score (nSPS) is 11.2. The SMILES string of the molecule is COC(=O)c1cccc2cc[nH]c12.COC(=O)c1cccc2ccn(CC#N)c12.N#CCBr.O=C1NCCn2ccc3cccc1c32. The number of amides is 1. The maximum absolute atomic E-state index is 11.7. The van der Waals surface area contributed by atoms with Crippen LogP contribution in [0.3, 0.4) is 0 Å². The van der Waals surface area contributed by atoms with Crippen molar-refractivity contribution in [2.45, 2.75) is 13.1 Å². The summed E-state index contributed by atoms with van der Waals surface area (Å²) >= 11 is 2.89. The molecule has 238 valence electrons. The zero-order valence-electron chi connectivity index (χ0n) is 25.7. The quantitative estimate of drug-likeness (QED) is 0.165. The molecule has 0 fully saturated rings. The number of halogens is 1. The summed E-state index contributed by atoms with van der Waals surface area (Å²) in [5, 5.41) is 22.7. The van der Waals surface area contributed by atoms with Crippen LogP contribution in [0, 0.1) is 22.7 Å². The molecule has 0 aliphatic carbocycles. The van der Waals surface area contributed by atoms with Crippen LogP contribution in [-0.4, -0.2) is 58.1 Å². The van der Waals surface area contributed by atoms with E-state index < -0.39 is 0 Å². The van der Waals surface area contributed by atoms with Gasteiger partial charge in [-0.15, -0.1) is 0 Å². The third-order valence-corrected chi connectivity index (χ3v) is 7.41. The molecule has 1 amide bonds. The van der Waals surface area contributed by atoms with Crippen molar-refractivity contribution >= 4 is 66.5 Å². The highest BCUT2D eigenvalue weighted by Gasteiger charge is 2.16. The van der Waals surface area contributed by atoms with Crippen LogP contribution in [0.15, 0.2) is 91.4 Å². The van der Waals surface area contributed by atoms with Crippen molar-refractivity contribution in [3.8, 4) is 12.1 Å². The van der Waals surface area contributed by atoms with E-state index in [1.54, 1.807) is 35.2 Å². The van der Waals surface area contributed by atoms with E-state index in [0.29, 0.717) is 23.0 Å². The number of aromatic nitrogens is 3. The molecule has 11 nitrogen and oxygen atoms in total. The molecule has 4 heterocycles. The van der Waals surface area contributed by atoms with Crippen molar-refractivity contribution in [3.63, 3.8) is 0 Å². The molecule has 0 spiro atoms. The zero-order valence-corrected chi connectivity index (χ0v) is 27.3. The molecule has 0 bridgehead atoms. The van der Waals surface area contributed by atoms with Gasteiger partial charge in [-0.2, -0.15) is 10.5 Å². The summed E-state index contributed by atoms with van der Waals surface area (Å²) in [4.78, 5) is 37.5. The van der Waals surface area contributed by atoms with E-state index in [2.05, 4.69) is 47.7 Å². The number of alkyl halides is 1. The molecule has 1 aliphatic rings. The minimum absolute atomic E-state index is 0.0352. The average molecular weight is 696 g/mol. The number of nitrogens with zero attached hydrogens (tertiary/aromatic N) is 4. The van der Waals surface area contributed by atoms with Crippen molar-refractivity contribution in [3.05, 3.63) is 108 Å². The van der Waals surface area contributed by atoms with E-state index in [9.17, 15) is 14.4 Å². The fourth-order valence-corrected chi connectivity index (χ4v) is 5.12. The van der Waals surface area contributed by atoms with Gasteiger partial charge < -0.3 is 28.9 Å². The lowest BCUT2D eigenvalue weighted by atomic mass is 10.1. The standard InChI is InChI=1S/C12H10N2O2.C11H10N2O.C10H9NO2.C2H2BrN/c1-16-12(15)10-4-2-3-9-5-7-14(8-6-13)11(9)10;14-11-9-3-1-2-8-4-6-13(10(8)9)7-5-12-11;1-13-10(12)8-4-2-3-7-5-6-11-9(7)8;3-1-2-4/h2-5,7H,8H2,1H3;1-4,6H,5,7H2,(H,12,14);2-6,11H,1H3;1H2. The second kappa shape index (κ2) is 16.5. The Morgan fingerprint density at radius 3 is 2.13 bits per heavy atom. The predicted octanol–water partition coefficient (Wildman–Crippen LogP) is 6.20. The fraction of sp³-hybridized carbons (Fsp3) is 0.171. The number of carbonyl (C=O) groups excluding carboxylic acids is 3. The average Bonchev–Trinajstić information content (AvgIpc) is 3.85. The molecule has 1 aliphatic heterocycles. The van der Waals surface area contributed by atoms with Gasteiger partial charge in [-0.25, -0.2) is 9.59 Å². The monoisotopic (exact) mass is 694 g/mol. The minimum Gasteiger partial charge on any atom is -0.465 e. The molecule has 0 radical (unpaired) electrons. The third-order valence-electron chi connectivity index (χ3n) is 7.16. The number of nitriles is 2. The summed E-state index contributed by atoms with van der Waals surface area (Å²) in [6, 6.07) is 26.5. The molecule has 2 N–H and O–H groups in total. The number of ether oxygens (including phenoxy) is 2. The number of para-hydroxylation sites is 3. The van der Waals surface area contributed by atoms with Gasteiger partial charge in [0.25, 0.3) is 5.91 Å². The molecule has 0 atom stereocenters. The predicted molar refractivity (Wildman–Crippen MR) is 182 cm³/mol. The lowest BCUT2D eigenvalue weighted by Gasteiger charge is -2.05. The Hall–Kier alpha value is -5.85. The molecule has 3 aromatic heterocycles. The first-order chi connectivity index (χ1) is 22.9. The van der Waals surface area contributed by atoms with Crippen LogP contribution in [0.4, 0.5) is 0 Å². The van der Waals surface area contributed by atoms with E-state index in [-0.39, 0.29) is 24.4 Å². The van der Waals surface area contributed by atoms with Crippen LogP contribution in [0.25, 0.3) is 32.7 Å². The van der Waals surface area contributed by atoms with Crippen molar-refractivity contribution in [2.75, 3.05) is 26.1 Å². The second-order valence-electron chi connectivity index (χ2n) is 9.88. The van der Waals surface area contributed by atoms with Crippen LogP contribution in [-0.2, 0) is 22.6 Å². The number of rotatable bonds is 3. The first kappa shape index (κ1) is 34.0. The molecule has 12 heteroatoms. The highest BCUT2D eigenvalue weighted by Crippen LogP contribution is 2.22. The number of fused-ring (bicyclic) bond motifs is 2. The maximum atomic E-state index is 11.7. The van der Waals surface area contributed by atoms with E-state index in [0.717, 1.165) is 44.8 Å². The van der Waals surface area contributed by atoms with Gasteiger partial charge in [0.1, 0.15) is 6.54 Å². The first-order valence-electron chi connectivity index (χ1n) is 14.3. The van der Waals surface area contributed by atoms with Crippen LogP contribution in [0.1, 0.15) is 31.1 Å². The van der Waals surface area contributed by atoms with Gasteiger partial charge in [0, 0.05) is 47.8 Å². The summed E-state index contributed by atoms with van der Waals surface area (Å²) in [6.45, 7) is 1.78. The van der Waals surface area contributed by atoms with Gasteiger partial charge in [-0.05, 0) is 36.4 Å². The Balaban J connectivity index is 0.000000151. The van der Waals surface area contributed by atoms with E-state index in [4.69, 9.17) is 15.3 Å². The number of methoxy groups -OCH3 is 2. The zero-order chi connectivity index (χ0) is 33.8. The van der Waals surface area contributed by atoms with Gasteiger partial charge in [-0.1, -0.05) is 52.3 Å². The number of H-pyrrole nitrogens is 1. The lowest BCUT2D eigenvalue weighted by Crippen LogP contribution is -2.23. The highest BCUT2D eigenvalue weighted by molar-refractivity contribution is 9.09. The summed E-state index contributed by atoms with van der Waals surface area (Å²) < 4.78 is 13.2. The summed E-state index contributed by atoms with van der Waals surface area (Å²) in [6.07, 6.45) is 5.63. The first-order valence-corrected chi connectivity index (χ1v) is 15.5. The third kappa shape index (κ3) is 7.87. The minimum atomic E-state index is -0.386. The van der Waals surface area contributed by atoms with Crippen LogP contribution >= 0.6 is 15.9 Å². The number of aromatic amines is 1. The van der Waals surface area contributed by atoms with E-state index in [1.807, 2.05) is 60.8 Å². The van der Waals surface area contributed by atoms with Crippen molar-refractivity contribution in [2.24, 2.45) is 0 Å². The Morgan fingerprint density at radius 2 is 1.45 bits per heavy atom. The second-order valence-corrected chi connectivity index (χ2v) is 10.4. The van der Waals surface area contributed by atoms with Gasteiger partial charge in [-0.3, -0.25) is 4.79 Å². The number of benzene rings is 3. The fourth-order valence-electron chi connectivity index (χ4n) is 5.12. The number of hydrogen-bond donors (Lipinski definition) is 2. The van der Waals surface area contributed by atoms with Crippen molar-refractivity contribution in [1.29, 1.82) is 10.5 Å². The van der Waals surface area contributed by atoms with Crippen LogP contribution < -0.4 is 5.32 Å². The van der Waals surface area contributed by atoms with Gasteiger partial charge in [0.15, 0.2) is 0 Å². The van der Waals surface area contributed by atoms with Crippen LogP contribution in [0.5, 0.6) is 0 Å². The largest absolute Gasteiger partial charge is 0.465 e. The molecule has 47 heavy (non-hydrogen) atoms. The lowest BCUT2D eigenvalue weighted by molar-refractivity contribution is 0.0593. The topological polar surface area (TPSA) is 155 Å². The molecule has 0 unspecified atom stereocenters. The molecule has 0 saturated carbocycles. The molecular weight excluding hydrogens is 664 g/mol. The number of nitrogens with one attached hydrogen (secondary N) is 2. The highest BCUT2D eigenvalue weighted by atomic mass is 79.9. The molecule has 6 aromatic rings. The van der Waals surface area contributed by atoms with E-state index in [1.165, 1.54) is 14.2 Å². The Morgan fingerprint density at radius 1 is 0.830 bits per heavy atom. The number of carbonyl (C=O) groups is 3.